The minimum absolute atomic E-state index is 0.128. The van der Waals surface area contributed by atoms with Crippen LogP contribution < -0.4 is 10.2 Å². The predicted molar refractivity (Wildman–Crippen MR) is 109 cm³/mol. The molecule has 1 saturated heterocycles. The van der Waals surface area contributed by atoms with Gasteiger partial charge in [0.2, 0.25) is 0 Å². The summed E-state index contributed by atoms with van der Waals surface area (Å²) in [5.74, 6) is 2.96. The van der Waals surface area contributed by atoms with Gasteiger partial charge in [0.1, 0.15) is 11.6 Å². The lowest BCUT2D eigenvalue weighted by molar-refractivity contribution is 0.263. The molecule has 2 aromatic heterocycles. The average molecular weight is 371 g/mol. The van der Waals surface area contributed by atoms with Crippen molar-refractivity contribution in [3.05, 3.63) is 48.6 Å². The first-order chi connectivity index (χ1) is 13.2. The van der Waals surface area contributed by atoms with Crippen molar-refractivity contribution < 1.29 is 4.42 Å². The Morgan fingerprint density at radius 2 is 2.04 bits per heavy atom. The molecule has 1 unspecified atom stereocenters. The van der Waals surface area contributed by atoms with Crippen LogP contribution in [0.2, 0.25) is 0 Å². The van der Waals surface area contributed by atoms with E-state index in [2.05, 4.69) is 52.1 Å². The molecular weight excluding hydrogens is 340 g/mol. The second-order valence-electron chi connectivity index (χ2n) is 6.85. The zero-order valence-electron chi connectivity index (χ0n) is 16.5. The zero-order chi connectivity index (χ0) is 19.1. The van der Waals surface area contributed by atoms with Crippen molar-refractivity contribution in [3.8, 4) is 0 Å². The number of nitrogens with zero attached hydrogens (tertiary/aromatic N) is 5. The van der Waals surface area contributed by atoms with Crippen molar-refractivity contribution in [3.63, 3.8) is 0 Å². The molecule has 3 rings (SSSR count). The molecule has 1 N–H and O–H groups in total. The molecule has 0 aliphatic carbocycles. The van der Waals surface area contributed by atoms with E-state index in [-0.39, 0.29) is 6.04 Å². The molecule has 0 aromatic carbocycles. The lowest BCUT2D eigenvalue weighted by Gasteiger charge is -2.37. The van der Waals surface area contributed by atoms with Gasteiger partial charge >= 0.3 is 0 Å². The van der Waals surface area contributed by atoms with Gasteiger partial charge in [0.15, 0.2) is 5.96 Å². The number of nitrogens with one attached hydrogen (secondary N) is 1. The van der Waals surface area contributed by atoms with Gasteiger partial charge in [0.05, 0.1) is 18.8 Å². The van der Waals surface area contributed by atoms with Crippen LogP contribution in [0.25, 0.3) is 0 Å². The van der Waals surface area contributed by atoms with Crippen LogP contribution in [0.3, 0.4) is 0 Å². The molecule has 1 atom stereocenters. The van der Waals surface area contributed by atoms with Crippen molar-refractivity contribution in [2.45, 2.75) is 13.0 Å². The Bertz CT molecular complexity index is 693. The third-order valence-corrected chi connectivity index (χ3v) is 4.80. The number of rotatable bonds is 6. The van der Waals surface area contributed by atoms with E-state index in [1.54, 1.807) is 6.26 Å². The van der Waals surface area contributed by atoms with E-state index in [1.165, 1.54) is 0 Å². The van der Waals surface area contributed by atoms with E-state index in [9.17, 15) is 0 Å². The largest absolute Gasteiger partial charge is 0.468 e. The number of aromatic nitrogens is 1. The fraction of sp³-hybridized carbons (Fsp3) is 0.500. The molecule has 0 saturated carbocycles. The van der Waals surface area contributed by atoms with Gasteiger partial charge in [-0.3, -0.25) is 9.89 Å². The molecule has 146 valence electrons. The molecule has 1 fully saturated rings. The standard InChI is InChI=1S/C20H30N6O/c1-4-21-20(23-16-17(24(2)3)18-8-7-15-27-18)26-13-11-25(12-14-26)19-9-5-6-10-22-19/h5-10,15,17H,4,11-14,16H2,1-3H3,(H,21,23). The SMILES string of the molecule is CCNC(=NCC(c1ccco1)N(C)C)N1CCN(c2ccccn2)CC1. The number of hydrogen-bond donors (Lipinski definition) is 1. The predicted octanol–water partition coefficient (Wildman–Crippen LogP) is 2.06. The van der Waals surface area contributed by atoms with E-state index < -0.39 is 0 Å². The molecule has 2 aromatic rings. The summed E-state index contributed by atoms with van der Waals surface area (Å²) in [4.78, 5) is 16.2. The third kappa shape index (κ3) is 5.01. The first kappa shape index (κ1) is 19.2. The molecule has 0 amide bonds. The van der Waals surface area contributed by atoms with Crippen molar-refractivity contribution in [1.29, 1.82) is 0 Å². The van der Waals surface area contributed by atoms with Crippen LogP contribution in [0.1, 0.15) is 18.7 Å². The van der Waals surface area contributed by atoms with Gasteiger partial charge in [-0.05, 0) is 45.3 Å². The molecule has 27 heavy (non-hydrogen) atoms. The maximum Gasteiger partial charge on any atom is 0.194 e. The number of likely N-dealkylation sites (N-methyl/N-ethyl adjacent to an activating group) is 1. The Morgan fingerprint density at radius 3 is 2.63 bits per heavy atom. The average Bonchev–Trinajstić information content (AvgIpc) is 3.22. The Labute approximate surface area is 161 Å². The molecule has 3 heterocycles. The summed E-state index contributed by atoms with van der Waals surface area (Å²) in [6.07, 6.45) is 3.57. The number of aliphatic imine (C=N–C) groups is 1. The summed E-state index contributed by atoms with van der Waals surface area (Å²) in [6.45, 7) is 7.35. The van der Waals surface area contributed by atoms with Gasteiger partial charge in [-0.1, -0.05) is 6.07 Å². The maximum atomic E-state index is 5.60. The van der Waals surface area contributed by atoms with E-state index in [4.69, 9.17) is 9.41 Å². The van der Waals surface area contributed by atoms with Crippen molar-refractivity contribution in [2.24, 2.45) is 4.99 Å². The van der Waals surface area contributed by atoms with Gasteiger partial charge in [0, 0.05) is 38.9 Å². The topological polar surface area (TPSA) is 60.1 Å². The van der Waals surface area contributed by atoms with E-state index >= 15 is 0 Å². The first-order valence-electron chi connectivity index (χ1n) is 9.58. The summed E-state index contributed by atoms with van der Waals surface area (Å²) in [5.41, 5.74) is 0. The number of piperazine rings is 1. The summed E-state index contributed by atoms with van der Waals surface area (Å²) in [6, 6.07) is 10.1. The van der Waals surface area contributed by atoms with Crippen molar-refractivity contribution in [2.75, 3.05) is 58.3 Å². The number of hydrogen-bond acceptors (Lipinski definition) is 5. The third-order valence-electron chi connectivity index (χ3n) is 4.80. The molecule has 1 aliphatic rings. The Morgan fingerprint density at radius 1 is 1.22 bits per heavy atom. The minimum atomic E-state index is 0.128. The highest BCUT2D eigenvalue weighted by molar-refractivity contribution is 5.80. The second-order valence-corrected chi connectivity index (χ2v) is 6.85. The van der Waals surface area contributed by atoms with E-state index in [1.807, 2.05) is 30.5 Å². The van der Waals surface area contributed by atoms with Crippen molar-refractivity contribution in [1.82, 2.24) is 20.1 Å². The van der Waals surface area contributed by atoms with Gasteiger partial charge in [-0.25, -0.2) is 4.98 Å². The number of pyridine rings is 1. The van der Waals surface area contributed by atoms with Crippen LogP contribution in [0, 0.1) is 0 Å². The highest BCUT2D eigenvalue weighted by atomic mass is 16.3. The fourth-order valence-electron chi connectivity index (χ4n) is 3.28. The molecule has 0 radical (unpaired) electrons. The zero-order valence-corrected chi connectivity index (χ0v) is 16.5. The summed E-state index contributed by atoms with van der Waals surface area (Å²) in [5, 5.41) is 3.44. The summed E-state index contributed by atoms with van der Waals surface area (Å²) in [7, 11) is 4.11. The second kappa shape index (κ2) is 9.41. The summed E-state index contributed by atoms with van der Waals surface area (Å²) >= 11 is 0. The highest BCUT2D eigenvalue weighted by Gasteiger charge is 2.22. The minimum Gasteiger partial charge on any atom is -0.468 e. The molecular formula is C20H30N6O. The molecule has 0 spiro atoms. The van der Waals surface area contributed by atoms with E-state index in [0.717, 1.165) is 50.3 Å². The fourth-order valence-corrected chi connectivity index (χ4v) is 3.28. The molecule has 7 nitrogen and oxygen atoms in total. The first-order valence-corrected chi connectivity index (χ1v) is 9.58. The lowest BCUT2D eigenvalue weighted by atomic mass is 10.2. The normalized spacial score (nSPS) is 16.7. The van der Waals surface area contributed by atoms with Gasteiger partial charge in [-0.15, -0.1) is 0 Å². The number of anilines is 1. The lowest BCUT2D eigenvalue weighted by Crippen LogP contribution is -2.53. The van der Waals surface area contributed by atoms with Crippen LogP contribution >= 0.6 is 0 Å². The van der Waals surface area contributed by atoms with Crippen LogP contribution in [0.4, 0.5) is 5.82 Å². The van der Waals surface area contributed by atoms with Crippen LogP contribution in [0.15, 0.2) is 52.2 Å². The van der Waals surface area contributed by atoms with Gasteiger partial charge in [-0.2, -0.15) is 0 Å². The smallest absolute Gasteiger partial charge is 0.194 e. The monoisotopic (exact) mass is 370 g/mol. The summed E-state index contributed by atoms with van der Waals surface area (Å²) < 4.78 is 5.60. The van der Waals surface area contributed by atoms with Gasteiger partial charge < -0.3 is 19.5 Å². The van der Waals surface area contributed by atoms with Crippen molar-refractivity contribution >= 4 is 11.8 Å². The Hall–Kier alpha value is -2.54. The number of guanidine groups is 1. The Kier molecular flexibility index (Phi) is 6.70. The van der Waals surface area contributed by atoms with Crippen LogP contribution in [-0.4, -0.2) is 74.1 Å². The van der Waals surface area contributed by atoms with Gasteiger partial charge in [0.25, 0.3) is 0 Å². The number of furan rings is 1. The van der Waals surface area contributed by atoms with E-state index in [0.29, 0.717) is 6.54 Å². The molecule has 7 heteroatoms. The highest BCUT2D eigenvalue weighted by Crippen LogP contribution is 2.19. The maximum absolute atomic E-state index is 5.60. The van der Waals surface area contributed by atoms with Crippen LogP contribution in [0.5, 0.6) is 0 Å². The Balaban J connectivity index is 1.64. The quantitative estimate of drug-likeness (QED) is 0.620. The molecule has 1 aliphatic heterocycles. The molecule has 0 bridgehead atoms. The van der Waals surface area contributed by atoms with Crippen LogP contribution in [-0.2, 0) is 0 Å².